The molecule has 1 fully saturated rings. The minimum absolute atomic E-state index is 0.0986. The van der Waals surface area contributed by atoms with Crippen LogP contribution >= 0.6 is 15.9 Å². The fraction of sp³-hybridized carbons (Fsp3) is 0.538. The lowest BCUT2D eigenvalue weighted by Crippen LogP contribution is -2.44. The molecule has 1 aliphatic heterocycles. The molecule has 0 amide bonds. The van der Waals surface area contributed by atoms with Gasteiger partial charge in [-0.3, -0.25) is 0 Å². The summed E-state index contributed by atoms with van der Waals surface area (Å²) in [4.78, 5) is 0. The molecule has 94 valence electrons. The van der Waals surface area contributed by atoms with Crippen molar-refractivity contribution in [3.8, 4) is 0 Å². The zero-order chi connectivity index (χ0) is 12.3. The van der Waals surface area contributed by atoms with E-state index in [9.17, 15) is 9.50 Å². The first-order chi connectivity index (χ1) is 8.15. The third kappa shape index (κ3) is 3.06. The first kappa shape index (κ1) is 13.0. The Morgan fingerprint density at radius 2 is 2.29 bits per heavy atom. The fourth-order valence-electron chi connectivity index (χ4n) is 2.44. The van der Waals surface area contributed by atoms with Gasteiger partial charge < -0.3 is 10.4 Å². The molecule has 4 heteroatoms. The van der Waals surface area contributed by atoms with E-state index in [1.54, 1.807) is 6.07 Å². The number of halogens is 2. The lowest BCUT2D eigenvalue weighted by Gasteiger charge is -2.36. The van der Waals surface area contributed by atoms with E-state index in [0.29, 0.717) is 0 Å². The topological polar surface area (TPSA) is 32.3 Å². The van der Waals surface area contributed by atoms with Crippen LogP contribution < -0.4 is 5.32 Å². The smallest absolute Gasteiger partial charge is 0.124 e. The summed E-state index contributed by atoms with van der Waals surface area (Å²) in [5.74, 6) is -0.236. The van der Waals surface area contributed by atoms with Crippen LogP contribution in [0.5, 0.6) is 0 Å². The average molecular weight is 302 g/mol. The molecule has 1 atom stereocenters. The maximum absolute atomic E-state index is 13.0. The third-order valence-electron chi connectivity index (χ3n) is 3.48. The number of nitrogens with one attached hydrogen (secondary N) is 1. The number of hydrogen-bond donors (Lipinski definition) is 2. The highest BCUT2D eigenvalue weighted by Gasteiger charge is 2.32. The van der Waals surface area contributed by atoms with Gasteiger partial charge in [0.2, 0.25) is 0 Å². The molecule has 0 aliphatic carbocycles. The Morgan fingerprint density at radius 1 is 1.47 bits per heavy atom. The summed E-state index contributed by atoms with van der Waals surface area (Å²) in [6, 6.07) is 4.75. The quantitative estimate of drug-likeness (QED) is 0.899. The summed E-state index contributed by atoms with van der Waals surface area (Å²) in [6.45, 7) is 2.02. The van der Waals surface area contributed by atoms with Crippen molar-refractivity contribution in [3.63, 3.8) is 0 Å². The number of aliphatic hydroxyl groups excluding tert-OH is 1. The van der Waals surface area contributed by atoms with Gasteiger partial charge in [-0.25, -0.2) is 4.39 Å². The van der Waals surface area contributed by atoms with Gasteiger partial charge in [0.05, 0.1) is 6.61 Å². The van der Waals surface area contributed by atoms with E-state index in [2.05, 4.69) is 21.2 Å². The first-order valence-electron chi connectivity index (χ1n) is 5.91. The Hall–Kier alpha value is -0.450. The summed E-state index contributed by atoms with van der Waals surface area (Å²) in [5.41, 5.74) is 0.961. The Kier molecular flexibility index (Phi) is 4.17. The number of rotatable bonds is 3. The molecule has 1 aliphatic rings. The molecule has 1 aromatic carbocycles. The molecule has 2 rings (SSSR count). The Bertz CT molecular complexity index is 391. The lowest BCUT2D eigenvalue weighted by molar-refractivity contribution is 0.0946. The van der Waals surface area contributed by atoms with Crippen molar-refractivity contribution >= 4 is 15.9 Å². The minimum Gasteiger partial charge on any atom is -0.396 e. The van der Waals surface area contributed by atoms with Crippen LogP contribution in [0.4, 0.5) is 4.39 Å². The highest BCUT2D eigenvalue weighted by atomic mass is 79.9. The second-order valence-corrected chi connectivity index (χ2v) is 5.71. The van der Waals surface area contributed by atoms with Gasteiger partial charge >= 0.3 is 0 Å². The highest BCUT2D eigenvalue weighted by Crippen LogP contribution is 2.32. The van der Waals surface area contributed by atoms with E-state index in [1.165, 1.54) is 12.1 Å². The Balaban J connectivity index is 2.17. The van der Waals surface area contributed by atoms with Gasteiger partial charge in [-0.05, 0) is 43.5 Å². The van der Waals surface area contributed by atoms with Crippen molar-refractivity contribution in [2.24, 2.45) is 5.41 Å². The van der Waals surface area contributed by atoms with Gasteiger partial charge in [0.1, 0.15) is 5.82 Å². The molecule has 0 aromatic heterocycles. The van der Waals surface area contributed by atoms with E-state index in [-0.39, 0.29) is 17.8 Å². The second-order valence-electron chi connectivity index (χ2n) is 4.85. The van der Waals surface area contributed by atoms with Gasteiger partial charge in [0.15, 0.2) is 0 Å². The van der Waals surface area contributed by atoms with E-state index in [0.717, 1.165) is 42.4 Å². The number of hydrogen-bond acceptors (Lipinski definition) is 2. The van der Waals surface area contributed by atoms with Crippen LogP contribution in [0.25, 0.3) is 0 Å². The van der Waals surface area contributed by atoms with Gasteiger partial charge in [-0.1, -0.05) is 22.0 Å². The molecular formula is C13H17BrFNO. The Morgan fingerprint density at radius 3 is 2.88 bits per heavy atom. The number of aliphatic hydroxyl groups is 1. The molecule has 2 nitrogen and oxygen atoms in total. The summed E-state index contributed by atoms with van der Waals surface area (Å²) in [5, 5.41) is 12.9. The van der Waals surface area contributed by atoms with Crippen LogP contribution in [0.1, 0.15) is 18.4 Å². The van der Waals surface area contributed by atoms with E-state index in [1.807, 2.05) is 0 Å². The maximum Gasteiger partial charge on any atom is 0.124 e. The molecule has 0 bridgehead atoms. The predicted octanol–water partition coefficient (Wildman–Crippen LogP) is 2.49. The monoisotopic (exact) mass is 301 g/mol. The molecular weight excluding hydrogens is 285 g/mol. The predicted molar refractivity (Wildman–Crippen MR) is 69.4 cm³/mol. The van der Waals surface area contributed by atoms with Crippen molar-refractivity contribution in [1.82, 2.24) is 5.32 Å². The average Bonchev–Trinajstić information content (AvgIpc) is 2.34. The molecule has 1 aromatic rings. The van der Waals surface area contributed by atoms with E-state index < -0.39 is 0 Å². The normalized spacial score (nSPS) is 24.9. The second kappa shape index (κ2) is 5.46. The number of benzene rings is 1. The largest absolute Gasteiger partial charge is 0.396 e. The van der Waals surface area contributed by atoms with Crippen molar-refractivity contribution < 1.29 is 9.50 Å². The summed E-state index contributed by atoms with van der Waals surface area (Å²) >= 11 is 3.39. The molecule has 1 unspecified atom stereocenters. The zero-order valence-corrected chi connectivity index (χ0v) is 11.3. The molecule has 1 heterocycles. The minimum atomic E-state index is -0.236. The SMILES string of the molecule is OCC1(Cc2ccc(F)cc2Br)CCCNC1. The molecule has 0 radical (unpaired) electrons. The van der Waals surface area contributed by atoms with Gasteiger partial charge in [0.25, 0.3) is 0 Å². The number of piperidine rings is 1. The van der Waals surface area contributed by atoms with Crippen LogP contribution in [0, 0.1) is 11.2 Å². The lowest BCUT2D eigenvalue weighted by atomic mass is 9.76. The van der Waals surface area contributed by atoms with Crippen molar-refractivity contribution in [3.05, 3.63) is 34.1 Å². The van der Waals surface area contributed by atoms with Crippen molar-refractivity contribution in [2.45, 2.75) is 19.3 Å². The van der Waals surface area contributed by atoms with Crippen LogP contribution in [0.3, 0.4) is 0 Å². The first-order valence-corrected chi connectivity index (χ1v) is 6.70. The molecule has 1 saturated heterocycles. The third-order valence-corrected chi connectivity index (χ3v) is 4.21. The summed E-state index contributed by atoms with van der Waals surface area (Å²) in [7, 11) is 0. The van der Waals surface area contributed by atoms with Crippen LogP contribution in [-0.2, 0) is 6.42 Å². The van der Waals surface area contributed by atoms with E-state index in [4.69, 9.17) is 0 Å². The highest BCUT2D eigenvalue weighted by molar-refractivity contribution is 9.10. The van der Waals surface area contributed by atoms with Crippen LogP contribution in [0.15, 0.2) is 22.7 Å². The maximum atomic E-state index is 13.0. The fourth-order valence-corrected chi connectivity index (χ4v) is 2.93. The van der Waals surface area contributed by atoms with Crippen molar-refractivity contribution in [1.29, 1.82) is 0 Å². The van der Waals surface area contributed by atoms with E-state index >= 15 is 0 Å². The molecule has 0 saturated carbocycles. The van der Waals surface area contributed by atoms with Gasteiger partial charge in [-0.2, -0.15) is 0 Å². The standard InChI is InChI=1S/C13H17BrFNO/c14-12-6-11(15)3-2-10(12)7-13(9-17)4-1-5-16-8-13/h2-3,6,16-17H,1,4-5,7-9H2. The van der Waals surface area contributed by atoms with Gasteiger partial charge in [-0.15, -0.1) is 0 Å². The molecule has 0 spiro atoms. The van der Waals surface area contributed by atoms with Crippen LogP contribution in [0.2, 0.25) is 0 Å². The summed E-state index contributed by atoms with van der Waals surface area (Å²) < 4.78 is 13.8. The van der Waals surface area contributed by atoms with Crippen molar-refractivity contribution in [2.75, 3.05) is 19.7 Å². The summed E-state index contributed by atoms with van der Waals surface area (Å²) in [6.07, 6.45) is 2.87. The van der Waals surface area contributed by atoms with Crippen LogP contribution in [-0.4, -0.2) is 24.8 Å². The van der Waals surface area contributed by atoms with Gasteiger partial charge in [0, 0.05) is 16.4 Å². The molecule has 2 N–H and O–H groups in total. The molecule has 17 heavy (non-hydrogen) atoms. The Labute approximate surface area is 109 Å². The zero-order valence-electron chi connectivity index (χ0n) is 9.68.